The van der Waals surface area contributed by atoms with Crippen molar-refractivity contribution in [2.45, 2.75) is 27.7 Å². The summed E-state index contributed by atoms with van der Waals surface area (Å²) < 4.78 is 0. The van der Waals surface area contributed by atoms with Gasteiger partial charge >= 0.3 is 5.97 Å². The van der Waals surface area contributed by atoms with Gasteiger partial charge in [-0.15, -0.1) is 0 Å². The number of amides is 1. The van der Waals surface area contributed by atoms with Crippen LogP contribution in [-0.2, 0) is 9.59 Å². The second kappa shape index (κ2) is 5.30. The first-order valence-electron chi connectivity index (χ1n) is 7.39. The highest BCUT2D eigenvalue weighted by atomic mass is 16.4. The van der Waals surface area contributed by atoms with Crippen molar-refractivity contribution in [1.82, 2.24) is 0 Å². The first-order valence-corrected chi connectivity index (χ1v) is 7.39. The fourth-order valence-corrected chi connectivity index (χ4v) is 3.18. The van der Waals surface area contributed by atoms with Crippen LogP contribution in [0, 0.1) is 31.1 Å². The lowest BCUT2D eigenvalue weighted by Crippen LogP contribution is -2.19. The highest BCUT2D eigenvalue weighted by molar-refractivity contribution is 6.00. The molecule has 0 unspecified atom stereocenters. The van der Waals surface area contributed by atoms with Gasteiger partial charge in [-0.1, -0.05) is 13.8 Å². The molecule has 1 aliphatic rings. The number of carbonyl (C=O) groups excluding carboxylic acids is 1. The van der Waals surface area contributed by atoms with Crippen molar-refractivity contribution in [2.75, 3.05) is 24.3 Å². The number of anilines is 2. The molecule has 0 radical (unpaired) electrons. The summed E-state index contributed by atoms with van der Waals surface area (Å²) in [6.45, 7) is 7.54. The van der Waals surface area contributed by atoms with Crippen LogP contribution in [0.3, 0.4) is 0 Å². The zero-order valence-electron chi connectivity index (χ0n) is 14.0. The number of nitrogens with one attached hydrogen (secondary N) is 1. The van der Waals surface area contributed by atoms with Gasteiger partial charge in [-0.2, -0.15) is 0 Å². The standard InChI is InChI=1S/C17H24N2O3/c1-9-7-11(19(5)6)8-10(2)14(9)18-15(20)12-13(16(21)22)17(12,3)4/h7-8,12-13H,1-6H3,(H,18,20)(H,21,22)/t12-,13+/m0/s1. The van der Waals surface area contributed by atoms with Crippen molar-refractivity contribution in [3.63, 3.8) is 0 Å². The van der Waals surface area contributed by atoms with Gasteiger partial charge in [0.1, 0.15) is 0 Å². The van der Waals surface area contributed by atoms with Crippen LogP contribution in [0.1, 0.15) is 25.0 Å². The molecule has 2 N–H and O–H groups in total. The van der Waals surface area contributed by atoms with E-state index in [1.807, 2.05) is 58.8 Å². The first kappa shape index (κ1) is 16.3. The summed E-state index contributed by atoms with van der Waals surface area (Å²) in [4.78, 5) is 25.7. The van der Waals surface area contributed by atoms with Crippen LogP contribution in [-0.4, -0.2) is 31.1 Å². The van der Waals surface area contributed by atoms with E-state index < -0.39 is 23.2 Å². The molecule has 1 saturated carbocycles. The van der Waals surface area contributed by atoms with Crippen LogP contribution < -0.4 is 10.2 Å². The molecule has 1 aromatic carbocycles. The van der Waals surface area contributed by atoms with Gasteiger partial charge in [0.2, 0.25) is 5.91 Å². The summed E-state index contributed by atoms with van der Waals surface area (Å²) in [5, 5.41) is 12.1. The zero-order valence-corrected chi connectivity index (χ0v) is 14.0. The van der Waals surface area contributed by atoms with E-state index in [0.717, 1.165) is 22.5 Å². The molecule has 0 aromatic heterocycles. The van der Waals surface area contributed by atoms with Crippen LogP contribution in [0.4, 0.5) is 11.4 Å². The van der Waals surface area contributed by atoms with Gasteiger partial charge in [0.15, 0.2) is 0 Å². The Morgan fingerprint density at radius 1 is 1.14 bits per heavy atom. The van der Waals surface area contributed by atoms with Gasteiger partial charge in [-0.25, -0.2) is 0 Å². The van der Waals surface area contributed by atoms with Gasteiger partial charge in [-0.05, 0) is 42.5 Å². The van der Waals surface area contributed by atoms with E-state index in [1.54, 1.807) is 0 Å². The topological polar surface area (TPSA) is 69.6 Å². The molecule has 2 atom stereocenters. The number of carbonyl (C=O) groups is 2. The number of hydrogen-bond donors (Lipinski definition) is 2. The average Bonchev–Trinajstić information content (AvgIpc) is 2.96. The molecule has 2 rings (SSSR count). The van der Waals surface area contributed by atoms with E-state index in [-0.39, 0.29) is 5.91 Å². The van der Waals surface area contributed by atoms with Gasteiger partial charge in [-0.3, -0.25) is 9.59 Å². The molecule has 0 bridgehead atoms. The normalized spacial score (nSPS) is 22.1. The molecule has 0 saturated heterocycles. The smallest absolute Gasteiger partial charge is 0.307 e. The molecule has 22 heavy (non-hydrogen) atoms. The maximum absolute atomic E-state index is 12.4. The maximum Gasteiger partial charge on any atom is 0.307 e. The molecule has 1 fully saturated rings. The third-order valence-electron chi connectivity index (χ3n) is 4.66. The van der Waals surface area contributed by atoms with Gasteiger partial charge < -0.3 is 15.3 Å². The number of nitrogens with zero attached hydrogens (tertiary/aromatic N) is 1. The van der Waals surface area contributed by atoms with E-state index in [1.165, 1.54) is 0 Å². The Morgan fingerprint density at radius 2 is 1.64 bits per heavy atom. The van der Waals surface area contributed by atoms with Gasteiger partial charge in [0.25, 0.3) is 0 Å². The summed E-state index contributed by atoms with van der Waals surface area (Å²) in [5.41, 5.74) is 3.32. The third kappa shape index (κ3) is 2.67. The third-order valence-corrected chi connectivity index (χ3v) is 4.66. The summed E-state index contributed by atoms with van der Waals surface area (Å²) in [7, 11) is 3.94. The minimum atomic E-state index is -0.901. The summed E-state index contributed by atoms with van der Waals surface area (Å²) in [6, 6.07) is 4.02. The van der Waals surface area contributed by atoms with E-state index in [2.05, 4.69) is 5.32 Å². The fourth-order valence-electron chi connectivity index (χ4n) is 3.18. The lowest BCUT2D eigenvalue weighted by molar-refractivity contribution is -0.140. The summed E-state index contributed by atoms with van der Waals surface area (Å²) in [5.74, 6) is -2.19. The second-order valence-electron chi connectivity index (χ2n) is 6.95. The summed E-state index contributed by atoms with van der Waals surface area (Å²) >= 11 is 0. The van der Waals surface area contributed by atoms with E-state index >= 15 is 0 Å². The number of carboxylic acid groups (broad SMARTS) is 1. The number of hydrogen-bond acceptors (Lipinski definition) is 3. The zero-order chi connectivity index (χ0) is 16.8. The van der Waals surface area contributed by atoms with E-state index in [9.17, 15) is 14.7 Å². The number of aryl methyl sites for hydroxylation is 2. The Morgan fingerprint density at radius 3 is 2.00 bits per heavy atom. The van der Waals surface area contributed by atoms with Crippen LogP contribution in [0.5, 0.6) is 0 Å². The predicted octanol–water partition coefficient (Wildman–Crippen LogP) is 2.66. The van der Waals surface area contributed by atoms with Crippen molar-refractivity contribution >= 4 is 23.3 Å². The Balaban J connectivity index is 2.22. The van der Waals surface area contributed by atoms with Crippen molar-refractivity contribution in [2.24, 2.45) is 17.3 Å². The molecule has 0 heterocycles. The minimum Gasteiger partial charge on any atom is -0.481 e. The molecule has 1 aliphatic carbocycles. The van der Waals surface area contributed by atoms with Crippen molar-refractivity contribution in [3.05, 3.63) is 23.3 Å². The van der Waals surface area contributed by atoms with Crippen molar-refractivity contribution < 1.29 is 14.7 Å². The number of rotatable bonds is 4. The number of benzene rings is 1. The Bertz CT molecular complexity index is 612. The molecule has 120 valence electrons. The molecular weight excluding hydrogens is 280 g/mol. The largest absolute Gasteiger partial charge is 0.481 e. The first-order chi connectivity index (χ1) is 10.1. The Labute approximate surface area is 131 Å². The molecule has 5 heteroatoms. The monoisotopic (exact) mass is 304 g/mol. The SMILES string of the molecule is Cc1cc(N(C)C)cc(C)c1NC(=O)[C@@H]1[C@H](C(=O)O)C1(C)C. The molecule has 1 amide bonds. The van der Waals surface area contributed by atoms with Gasteiger partial charge in [0, 0.05) is 25.5 Å². The molecule has 0 spiro atoms. The second-order valence-corrected chi connectivity index (χ2v) is 6.95. The van der Waals surface area contributed by atoms with Crippen molar-refractivity contribution in [3.8, 4) is 0 Å². The predicted molar refractivity (Wildman–Crippen MR) is 87.3 cm³/mol. The fraction of sp³-hybridized carbons (Fsp3) is 0.529. The van der Waals surface area contributed by atoms with E-state index in [0.29, 0.717) is 0 Å². The number of aliphatic carboxylic acids is 1. The minimum absolute atomic E-state index is 0.207. The highest BCUT2D eigenvalue weighted by Gasteiger charge is 2.65. The summed E-state index contributed by atoms with van der Waals surface area (Å²) in [6.07, 6.45) is 0. The molecule has 5 nitrogen and oxygen atoms in total. The van der Waals surface area contributed by atoms with E-state index in [4.69, 9.17) is 0 Å². The Kier molecular flexibility index (Phi) is 3.94. The van der Waals surface area contributed by atoms with Crippen LogP contribution in [0.15, 0.2) is 12.1 Å². The quantitative estimate of drug-likeness (QED) is 0.897. The number of carboxylic acids is 1. The molecule has 0 aliphatic heterocycles. The van der Waals surface area contributed by atoms with Crippen molar-refractivity contribution in [1.29, 1.82) is 0 Å². The Hall–Kier alpha value is -2.04. The lowest BCUT2D eigenvalue weighted by Gasteiger charge is -2.18. The van der Waals surface area contributed by atoms with Crippen LogP contribution in [0.25, 0.3) is 0 Å². The van der Waals surface area contributed by atoms with Crippen LogP contribution in [0.2, 0.25) is 0 Å². The highest BCUT2D eigenvalue weighted by Crippen LogP contribution is 2.58. The van der Waals surface area contributed by atoms with Crippen LogP contribution >= 0.6 is 0 Å². The molecular formula is C17H24N2O3. The lowest BCUT2D eigenvalue weighted by atomic mass is 10.1. The maximum atomic E-state index is 12.4. The van der Waals surface area contributed by atoms with Gasteiger partial charge in [0.05, 0.1) is 11.8 Å². The average molecular weight is 304 g/mol. The molecule has 1 aromatic rings.